The minimum atomic E-state index is -0.373. The second-order valence-corrected chi connectivity index (χ2v) is 7.36. The average molecular weight is 451 g/mol. The number of hydrogen-bond acceptors (Lipinski definition) is 5. The monoisotopic (exact) mass is 450 g/mol. The van der Waals surface area contributed by atoms with E-state index in [9.17, 15) is 14.4 Å². The third-order valence-corrected chi connectivity index (χ3v) is 5.42. The van der Waals surface area contributed by atoms with Gasteiger partial charge in [0.2, 0.25) is 0 Å². The summed E-state index contributed by atoms with van der Waals surface area (Å²) in [7, 11) is 0. The van der Waals surface area contributed by atoms with E-state index in [0.29, 0.717) is 17.0 Å². The third kappa shape index (κ3) is 4.64. The zero-order valence-corrected chi connectivity index (χ0v) is 18.1. The van der Waals surface area contributed by atoms with Gasteiger partial charge in [-0.25, -0.2) is 0 Å². The van der Waals surface area contributed by atoms with Crippen molar-refractivity contribution in [2.45, 2.75) is 25.9 Å². The Kier molecular flexibility index (Phi) is 7.95. The molecule has 0 bridgehead atoms. The number of fused-ring (bicyclic) bond motifs is 1. The van der Waals surface area contributed by atoms with E-state index in [1.165, 1.54) is 11.0 Å². The molecule has 4 rings (SSSR count). The number of carbonyl (C=O) groups excluding carboxylic acids is 3. The van der Waals surface area contributed by atoms with Crippen molar-refractivity contribution in [3.63, 3.8) is 0 Å². The van der Waals surface area contributed by atoms with Gasteiger partial charge in [0, 0.05) is 24.0 Å². The molecular weight excluding hydrogens is 427 g/mol. The fourth-order valence-corrected chi connectivity index (χ4v) is 3.73. The number of amides is 3. The summed E-state index contributed by atoms with van der Waals surface area (Å²) in [4.78, 5) is 43.2. The van der Waals surface area contributed by atoms with Gasteiger partial charge >= 0.3 is 0 Å². The molecular formula is C21H24Cl2N4O3. The fourth-order valence-electron chi connectivity index (χ4n) is 3.73. The maximum atomic E-state index is 12.8. The van der Waals surface area contributed by atoms with Gasteiger partial charge in [0.15, 0.2) is 0 Å². The molecule has 160 valence electrons. The van der Waals surface area contributed by atoms with Crippen molar-refractivity contribution in [2.24, 2.45) is 5.92 Å². The van der Waals surface area contributed by atoms with E-state index in [1.807, 2.05) is 0 Å². The predicted octanol–water partition coefficient (Wildman–Crippen LogP) is 2.45. The number of aromatic nitrogens is 1. The Hall–Kier alpha value is -2.48. The second-order valence-electron chi connectivity index (χ2n) is 7.36. The summed E-state index contributed by atoms with van der Waals surface area (Å²) in [6, 6.07) is 8.35. The first kappa shape index (κ1) is 23.8. The highest BCUT2D eigenvalue weighted by atomic mass is 35.5. The van der Waals surface area contributed by atoms with E-state index in [2.05, 4.69) is 22.5 Å². The highest BCUT2D eigenvalue weighted by molar-refractivity contribution is 6.22. The Morgan fingerprint density at radius 3 is 2.53 bits per heavy atom. The predicted molar refractivity (Wildman–Crippen MR) is 117 cm³/mol. The summed E-state index contributed by atoms with van der Waals surface area (Å²) in [5.41, 5.74) is 1.84. The van der Waals surface area contributed by atoms with Crippen LogP contribution in [0.25, 0.3) is 0 Å². The van der Waals surface area contributed by atoms with Crippen LogP contribution in [0.15, 0.2) is 42.7 Å². The average Bonchev–Trinajstić information content (AvgIpc) is 2.95. The Balaban J connectivity index is 0.00000160. The number of benzene rings is 1. The maximum Gasteiger partial charge on any atom is 0.261 e. The number of halogens is 2. The molecule has 2 aliphatic heterocycles. The topological polar surface area (TPSA) is 91.4 Å². The van der Waals surface area contributed by atoms with Gasteiger partial charge in [-0.15, -0.1) is 24.8 Å². The molecule has 0 radical (unpaired) electrons. The van der Waals surface area contributed by atoms with Crippen LogP contribution in [0.2, 0.25) is 0 Å². The van der Waals surface area contributed by atoms with Gasteiger partial charge in [-0.05, 0) is 61.3 Å². The van der Waals surface area contributed by atoms with Gasteiger partial charge in [-0.1, -0.05) is 6.92 Å². The Morgan fingerprint density at radius 2 is 1.83 bits per heavy atom. The molecule has 3 heterocycles. The highest BCUT2D eigenvalue weighted by Gasteiger charge is 2.36. The lowest BCUT2D eigenvalue weighted by atomic mass is 9.95. The van der Waals surface area contributed by atoms with Crippen LogP contribution in [-0.2, 0) is 6.54 Å². The van der Waals surface area contributed by atoms with E-state index in [-0.39, 0.29) is 60.7 Å². The molecule has 0 aliphatic carbocycles. The number of nitrogens with one attached hydrogen (secondary N) is 2. The van der Waals surface area contributed by atoms with Gasteiger partial charge < -0.3 is 10.6 Å². The molecule has 2 N–H and O–H groups in total. The van der Waals surface area contributed by atoms with E-state index >= 15 is 0 Å². The van der Waals surface area contributed by atoms with Crippen molar-refractivity contribution in [1.29, 1.82) is 0 Å². The van der Waals surface area contributed by atoms with Gasteiger partial charge in [-0.2, -0.15) is 0 Å². The minimum absolute atomic E-state index is 0. The normalized spacial score (nSPS) is 20.1. The van der Waals surface area contributed by atoms with Crippen LogP contribution >= 0.6 is 24.8 Å². The van der Waals surface area contributed by atoms with Crippen LogP contribution in [0, 0.1) is 5.92 Å². The number of rotatable bonds is 4. The Bertz CT molecular complexity index is 939. The first-order chi connectivity index (χ1) is 13.5. The van der Waals surface area contributed by atoms with Gasteiger partial charge in [-0.3, -0.25) is 24.3 Å². The van der Waals surface area contributed by atoms with E-state index in [1.54, 1.807) is 36.7 Å². The summed E-state index contributed by atoms with van der Waals surface area (Å²) >= 11 is 0. The summed E-state index contributed by atoms with van der Waals surface area (Å²) in [6.07, 6.45) is 4.12. The number of carbonyl (C=O) groups is 3. The lowest BCUT2D eigenvalue weighted by Gasteiger charge is -2.30. The zero-order valence-electron chi connectivity index (χ0n) is 16.5. The molecule has 2 aromatic rings. The van der Waals surface area contributed by atoms with Crippen LogP contribution in [-0.4, -0.2) is 46.7 Å². The molecule has 0 saturated carbocycles. The van der Waals surface area contributed by atoms with Gasteiger partial charge in [0.1, 0.15) is 0 Å². The Labute approximate surface area is 187 Å². The van der Waals surface area contributed by atoms with Crippen LogP contribution in [0.1, 0.15) is 50.0 Å². The molecule has 1 aromatic carbocycles. The Morgan fingerprint density at radius 1 is 1.13 bits per heavy atom. The van der Waals surface area contributed by atoms with Gasteiger partial charge in [0.25, 0.3) is 17.7 Å². The van der Waals surface area contributed by atoms with Crippen molar-refractivity contribution in [3.05, 3.63) is 65.0 Å². The van der Waals surface area contributed by atoms with E-state index < -0.39 is 0 Å². The quantitative estimate of drug-likeness (QED) is 0.697. The molecule has 1 fully saturated rings. The van der Waals surface area contributed by atoms with E-state index in [4.69, 9.17) is 0 Å². The maximum absolute atomic E-state index is 12.8. The smallest absolute Gasteiger partial charge is 0.261 e. The van der Waals surface area contributed by atoms with Crippen molar-refractivity contribution in [2.75, 3.05) is 13.1 Å². The first-order valence-electron chi connectivity index (χ1n) is 9.45. The molecule has 0 spiro atoms. The second kappa shape index (κ2) is 10.0. The minimum Gasteiger partial charge on any atom is -0.349 e. The summed E-state index contributed by atoms with van der Waals surface area (Å²) < 4.78 is 0. The van der Waals surface area contributed by atoms with Crippen molar-refractivity contribution in [1.82, 2.24) is 20.5 Å². The number of pyridine rings is 1. The fraction of sp³-hybridized carbons (Fsp3) is 0.333. The summed E-state index contributed by atoms with van der Waals surface area (Å²) in [6.45, 7) is 4.02. The molecule has 9 heteroatoms. The van der Waals surface area contributed by atoms with Crippen LogP contribution in [0.3, 0.4) is 0 Å². The first-order valence-corrected chi connectivity index (χ1v) is 9.45. The molecule has 30 heavy (non-hydrogen) atoms. The van der Waals surface area contributed by atoms with Crippen LogP contribution in [0.4, 0.5) is 0 Å². The number of imide groups is 1. The standard InChI is InChI=1S/C21H22N4O3.2ClH/c1-13-11-23-9-6-18(13)24-19(26)15-2-3-16-17(10-15)21(28)25(20(16)27)12-14-4-7-22-8-5-14;;/h2-5,7-8,10,13,18,23H,6,9,11-12H2,1H3,(H,24,26);2*1H. The molecule has 1 saturated heterocycles. The largest absolute Gasteiger partial charge is 0.349 e. The number of nitrogens with zero attached hydrogens (tertiary/aromatic N) is 2. The molecule has 1 aromatic heterocycles. The lowest BCUT2D eigenvalue weighted by Crippen LogP contribution is -2.48. The van der Waals surface area contributed by atoms with Crippen molar-refractivity contribution >= 4 is 42.5 Å². The SMILES string of the molecule is CC1CNCCC1NC(=O)c1ccc2c(c1)C(=O)N(Cc1ccncc1)C2=O.Cl.Cl. The van der Waals surface area contributed by atoms with Crippen molar-refractivity contribution < 1.29 is 14.4 Å². The van der Waals surface area contributed by atoms with Gasteiger partial charge in [0.05, 0.1) is 17.7 Å². The third-order valence-electron chi connectivity index (χ3n) is 5.42. The molecule has 2 aliphatic rings. The summed E-state index contributed by atoms with van der Waals surface area (Å²) in [5, 5.41) is 6.36. The molecule has 2 atom stereocenters. The molecule has 2 unspecified atom stereocenters. The highest BCUT2D eigenvalue weighted by Crippen LogP contribution is 2.26. The van der Waals surface area contributed by atoms with Crippen LogP contribution < -0.4 is 10.6 Å². The summed E-state index contributed by atoms with van der Waals surface area (Å²) in [5.74, 6) is -0.585. The van der Waals surface area contributed by atoms with Crippen LogP contribution in [0.5, 0.6) is 0 Å². The number of hydrogen-bond donors (Lipinski definition) is 2. The van der Waals surface area contributed by atoms with E-state index in [0.717, 1.165) is 25.1 Å². The number of piperidine rings is 1. The van der Waals surface area contributed by atoms with Crippen molar-refractivity contribution in [3.8, 4) is 0 Å². The molecule has 3 amide bonds. The molecule has 7 nitrogen and oxygen atoms in total. The lowest BCUT2D eigenvalue weighted by molar-refractivity contribution is 0.0642. The zero-order chi connectivity index (χ0) is 19.7.